The fourth-order valence-electron chi connectivity index (χ4n) is 1.61. The maximum atomic E-state index is 11.4. The number of aromatic amines is 1. The quantitative estimate of drug-likeness (QED) is 0.687. The van der Waals surface area contributed by atoms with Gasteiger partial charge in [0.05, 0.1) is 15.8 Å². The van der Waals surface area contributed by atoms with Crippen LogP contribution in [0.2, 0.25) is 5.28 Å². The molecular weight excluding hydrogens is 258 g/mol. The van der Waals surface area contributed by atoms with Crippen LogP contribution >= 0.6 is 23.1 Å². The van der Waals surface area contributed by atoms with Crippen LogP contribution < -0.4 is 5.56 Å². The molecule has 0 aliphatic rings. The molecular formula is C11H6ClN3OS. The minimum atomic E-state index is -0.0581. The molecule has 0 bridgehead atoms. The Morgan fingerprint density at radius 2 is 2.18 bits per heavy atom. The van der Waals surface area contributed by atoms with Crippen LogP contribution in [-0.4, -0.2) is 14.3 Å². The SMILES string of the molecule is O=c1[nH]sc2cc(-c3ccnc(Cl)n3)ccc12. The summed E-state index contributed by atoms with van der Waals surface area (Å²) in [7, 11) is 0. The highest BCUT2D eigenvalue weighted by atomic mass is 35.5. The van der Waals surface area contributed by atoms with Crippen LogP contribution in [0.4, 0.5) is 0 Å². The van der Waals surface area contributed by atoms with Gasteiger partial charge < -0.3 is 0 Å². The van der Waals surface area contributed by atoms with E-state index in [-0.39, 0.29) is 10.8 Å². The number of aromatic nitrogens is 3. The molecule has 2 aromatic heterocycles. The topological polar surface area (TPSA) is 58.6 Å². The zero-order chi connectivity index (χ0) is 11.8. The molecule has 4 nitrogen and oxygen atoms in total. The first kappa shape index (κ1) is 10.4. The lowest BCUT2D eigenvalue weighted by atomic mass is 10.1. The standard InChI is InChI=1S/C11H6ClN3OS/c12-11-13-4-3-8(14-11)6-1-2-7-9(5-6)17-15-10(7)16/h1-5H,(H,15,16). The van der Waals surface area contributed by atoms with Gasteiger partial charge in [0.1, 0.15) is 0 Å². The summed E-state index contributed by atoms with van der Waals surface area (Å²) in [6.07, 6.45) is 1.61. The molecule has 1 aromatic carbocycles. The first-order valence-electron chi connectivity index (χ1n) is 4.84. The molecule has 0 saturated heterocycles. The summed E-state index contributed by atoms with van der Waals surface area (Å²) in [6, 6.07) is 7.33. The van der Waals surface area contributed by atoms with Crippen molar-refractivity contribution in [2.24, 2.45) is 0 Å². The van der Waals surface area contributed by atoms with E-state index in [2.05, 4.69) is 14.3 Å². The predicted molar refractivity (Wildman–Crippen MR) is 68.5 cm³/mol. The number of nitrogens with zero attached hydrogens (tertiary/aromatic N) is 2. The maximum Gasteiger partial charge on any atom is 0.265 e. The van der Waals surface area contributed by atoms with Gasteiger partial charge in [-0.05, 0) is 29.8 Å². The van der Waals surface area contributed by atoms with Gasteiger partial charge >= 0.3 is 0 Å². The molecule has 3 aromatic rings. The zero-order valence-electron chi connectivity index (χ0n) is 8.48. The molecule has 0 saturated carbocycles. The monoisotopic (exact) mass is 263 g/mol. The van der Waals surface area contributed by atoms with E-state index in [1.165, 1.54) is 11.5 Å². The number of benzene rings is 1. The molecule has 3 rings (SSSR count). The molecule has 0 spiro atoms. The molecule has 0 atom stereocenters. The Morgan fingerprint density at radius 3 is 3.00 bits per heavy atom. The second-order valence-corrected chi connectivity index (χ2v) is 4.64. The van der Waals surface area contributed by atoms with Crippen molar-refractivity contribution in [2.75, 3.05) is 0 Å². The molecule has 84 valence electrons. The molecule has 0 radical (unpaired) electrons. The van der Waals surface area contributed by atoms with E-state index in [1.54, 1.807) is 18.3 Å². The van der Waals surface area contributed by atoms with Gasteiger partial charge in [-0.1, -0.05) is 17.6 Å². The second kappa shape index (κ2) is 3.94. The molecule has 2 heterocycles. The van der Waals surface area contributed by atoms with Gasteiger partial charge in [0, 0.05) is 11.8 Å². The van der Waals surface area contributed by atoms with Crippen molar-refractivity contribution in [3.05, 3.63) is 46.1 Å². The van der Waals surface area contributed by atoms with Crippen molar-refractivity contribution in [3.8, 4) is 11.3 Å². The number of hydrogen-bond donors (Lipinski definition) is 1. The average molecular weight is 264 g/mol. The summed E-state index contributed by atoms with van der Waals surface area (Å²) in [5.41, 5.74) is 1.60. The fraction of sp³-hybridized carbons (Fsp3) is 0. The molecule has 0 aliphatic carbocycles. The summed E-state index contributed by atoms with van der Waals surface area (Å²) >= 11 is 7.05. The van der Waals surface area contributed by atoms with Crippen LogP contribution in [0.5, 0.6) is 0 Å². The lowest BCUT2D eigenvalue weighted by Crippen LogP contribution is -1.95. The highest BCUT2D eigenvalue weighted by Crippen LogP contribution is 2.23. The summed E-state index contributed by atoms with van der Waals surface area (Å²) in [5, 5.41) is 0.906. The lowest BCUT2D eigenvalue weighted by Gasteiger charge is -2.00. The van der Waals surface area contributed by atoms with E-state index < -0.39 is 0 Å². The van der Waals surface area contributed by atoms with Crippen molar-refractivity contribution < 1.29 is 0 Å². The Hall–Kier alpha value is -1.72. The maximum absolute atomic E-state index is 11.4. The fourth-order valence-corrected chi connectivity index (χ4v) is 2.52. The van der Waals surface area contributed by atoms with Crippen LogP contribution in [0.1, 0.15) is 0 Å². The average Bonchev–Trinajstić information content (AvgIpc) is 2.71. The van der Waals surface area contributed by atoms with E-state index in [0.29, 0.717) is 5.39 Å². The van der Waals surface area contributed by atoms with E-state index in [9.17, 15) is 4.79 Å². The summed E-state index contributed by atoms with van der Waals surface area (Å²) in [6.45, 7) is 0. The van der Waals surface area contributed by atoms with Crippen LogP contribution in [0.25, 0.3) is 21.3 Å². The Balaban J connectivity index is 2.21. The second-order valence-electron chi connectivity index (χ2n) is 3.46. The third kappa shape index (κ3) is 1.83. The van der Waals surface area contributed by atoms with Gasteiger partial charge in [0.15, 0.2) is 0 Å². The van der Waals surface area contributed by atoms with Gasteiger partial charge in [0.2, 0.25) is 5.28 Å². The Morgan fingerprint density at radius 1 is 1.29 bits per heavy atom. The van der Waals surface area contributed by atoms with Crippen molar-refractivity contribution in [1.82, 2.24) is 14.3 Å². The summed E-state index contributed by atoms with van der Waals surface area (Å²) in [5.74, 6) is 0. The Bertz CT molecular complexity index is 750. The van der Waals surface area contributed by atoms with Crippen LogP contribution in [0.3, 0.4) is 0 Å². The highest BCUT2D eigenvalue weighted by Gasteiger charge is 2.05. The van der Waals surface area contributed by atoms with Gasteiger partial charge in [0.25, 0.3) is 5.56 Å². The highest BCUT2D eigenvalue weighted by molar-refractivity contribution is 7.13. The molecule has 17 heavy (non-hydrogen) atoms. The van der Waals surface area contributed by atoms with Crippen LogP contribution in [0.15, 0.2) is 35.3 Å². The first-order valence-corrected chi connectivity index (χ1v) is 6.03. The Labute approximate surface area is 105 Å². The molecule has 0 unspecified atom stereocenters. The molecule has 0 amide bonds. The van der Waals surface area contributed by atoms with E-state index in [0.717, 1.165) is 16.0 Å². The van der Waals surface area contributed by atoms with Crippen molar-refractivity contribution in [3.63, 3.8) is 0 Å². The molecule has 1 N–H and O–H groups in total. The van der Waals surface area contributed by atoms with Crippen molar-refractivity contribution in [2.45, 2.75) is 0 Å². The summed E-state index contributed by atoms with van der Waals surface area (Å²) < 4.78 is 3.60. The van der Waals surface area contributed by atoms with Crippen molar-refractivity contribution in [1.29, 1.82) is 0 Å². The zero-order valence-corrected chi connectivity index (χ0v) is 10.0. The lowest BCUT2D eigenvalue weighted by molar-refractivity contribution is 1.17. The number of fused-ring (bicyclic) bond motifs is 1. The van der Waals surface area contributed by atoms with E-state index in [1.807, 2.05) is 12.1 Å². The first-order chi connectivity index (χ1) is 8.24. The predicted octanol–water partition coefficient (Wildman–Crippen LogP) is 2.70. The van der Waals surface area contributed by atoms with Gasteiger partial charge in [-0.15, -0.1) is 0 Å². The van der Waals surface area contributed by atoms with Crippen molar-refractivity contribution >= 4 is 33.2 Å². The van der Waals surface area contributed by atoms with Gasteiger partial charge in [-0.25, -0.2) is 9.97 Å². The van der Waals surface area contributed by atoms with Gasteiger partial charge in [-0.2, -0.15) is 0 Å². The van der Waals surface area contributed by atoms with Crippen LogP contribution in [-0.2, 0) is 0 Å². The number of halogens is 1. The summed E-state index contributed by atoms with van der Waals surface area (Å²) in [4.78, 5) is 19.3. The van der Waals surface area contributed by atoms with E-state index in [4.69, 9.17) is 11.6 Å². The van der Waals surface area contributed by atoms with Gasteiger partial charge in [-0.3, -0.25) is 9.17 Å². The van der Waals surface area contributed by atoms with Crippen LogP contribution in [0, 0.1) is 0 Å². The molecule has 0 fully saturated rings. The smallest absolute Gasteiger partial charge is 0.265 e. The number of H-pyrrole nitrogens is 1. The Kier molecular flexibility index (Phi) is 2.42. The third-order valence-electron chi connectivity index (χ3n) is 2.40. The number of hydrogen-bond acceptors (Lipinski definition) is 4. The minimum Gasteiger partial charge on any atom is -0.277 e. The minimum absolute atomic E-state index is 0.0581. The number of nitrogens with one attached hydrogen (secondary N) is 1. The van der Waals surface area contributed by atoms with E-state index >= 15 is 0 Å². The normalized spacial score (nSPS) is 10.9. The number of rotatable bonds is 1. The third-order valence-corrected chi connectivity index (χ3v) is 3.43. The molecule has 6 heteroatoms. The molecule has 0 aliphatic heterocycles. The largest absolute Gasteiger partial charge is 0.277 e.